The van der Waals surface area contributed by atoms with Crippen LogP contribution < -0.4 is 10.1 Å². The number of amides is 1. The zero-order valence-electron chi connectivity index (χ0n) is 16.7. The Hall–Kier alpha value is -3.33. The number of carbonyl (C=O) groups is 2. The number of hydrogen-bond acceptors (Lipinski definition) is 7. The van der Waals surface area contributed by atoms with Crippen LogP contribution in [-0.4, -0.2) is 39.0 Å². The molecule has 3 aromatic rings. The Labute approximate surface area is 178 Å². The van der Waals surface area contributed by atoms with Crippen LogP contribution >= 0.6 is 11.8 Å². The summed E-state index contributed by atoms with van der Waals surface area (Å²) in [6, 6.07) is 16.2. The molecule has 0 saturated carbocycles. The number of thioether (sulfide) groups is 1. The van der Waals surface area contributed by atoms with Crippen LogP contribution in [0.3, 0.4) is 0 Å². The largest absolute Gasteiger partial charge is 0.486 e. The first-order valence-electron chi connectivity index (χ1n) is 9.33. The lowest BCUT2D eigenvalue weighted by Gasteiger charge is -2.10. The van der Waals surface area contributed by atoms with E-state index < -0.39 is 5.97 Å². The van der Waals surface area contributed by atoms with Crippen molar-refractivity contribution < 1.29 is 19.1 Å². The highest BCUT2D eigenvalue weighted by Crippen LogP contribution is 2.20. The predicted octanol–water partition coefficient (Wildman–Crippen LogP) is 3.30. The smallest absolute Gasteiger partial charge is 0.340 e. The van der Waals surface area contributed by atoms with Gasteiger partial charge >= 0.3 is 5.97 Å². The molecule has 9 heteroatoms. The molecule has 0 fully saturated rings. The first kappa shape index (κ1) is 21.4. The molecule has 1 amide bonds. The number of aromatic nitrogens is 3. The molecule has 3 rings (SSSR count). The van der Waals surface area contributed by atoms with Gasteiger partial charge in [-0.25, -0.2) is 4.79 Å². The van der Waals surface area contributed by atoms with Crippen LogP contribution in [0.25, 0.3) is 0 Å². The summed E-state index contributed by atoms with van der Waals surface area (Å²) in [6.07, 6.45) is 0. The minimum atomic E-state index is -0.475. The normalized spacial score (nSPS) is 10.5. The number of rotatable bonds is 9. The summed E-state index contributed by atoms with van der Waals surface area (Å²) in [7, 11) is 1.82. The number of para-hydroxylation sites is 2. The molecule has 0 aliphatic heterocycles. The summed E-state index contributed by atoms with van der Waals surface area (Å²) in [5.74, 6) is 0.769. The van der Waals surface area contributed by atoms with Gasteiger partial charge in [-0.05, 0) is 31.2 Å². The zero-order valence-corrected chi connectivity index (χ0v) is 17.5. The van der Waals surface area contributed by atoms with Gasteiger partial charge in [0.2, 0.25) is 5.91 Å². The number of hydrogen-bond donors (Lipinski definition) is 1. The molecule has 0 unspecified atom stereocenters. The molecule has 8 nitrogen and oxygen atoms in total. The Morgan fingerprint density at radius 1 is 1.07 bits per heavy atom. The molecule has 156 valence electrons. The molecular weight excluding hydrogens is 404 g/mol. The molecule has 0 atom stereocenters. The van der Waals surface area contributed by atoms with Crippen LogP contribution in [0.5, 0.6) is 5.75 Å². The van der Waals surface area contributed by atoms with Gasteiger partial charge in [-0.3, -0.25) is 4.79 Å². The molecule has 0 aliphatic rings. The summed E-state index contributed by atoms with van der Waals surface area (Å²) >= 11 is 1.25. The summed E-state index contributed by atoms with van der Waals surface area (Å²) in [5, 5.41) is 11.6. The highest BCUT2D eigenvalue weighted by atomic mass is 32.2. The topological polar surface area (TPSA) is 95.3 Å². The lowest BCUT2D eigenvalue weighted by molar-refractivity contribution is -0.113. The van der Waals surface area contributed by atoms with Gasteiger partial charge in [0.05, 0.1) is 23.6 Å². The number of ether oxygens (including phenoxy) is 2. The van der Waals surface area contributed by atoms with Crippen molar-refractivity contribution in [2.24, 2.45) is 7.05 Å². The third kappa shape index (κ3) is 5.60. The molecule has 0 aliphatic carbocycles. The second kappa shape index (κ2) is 10.4. The molecule has 0 saturated heterocycles. The lowest BCUT2D eigenvalue weighted by Crippen LogP contribution is -2.17. The third-order valence-corrected chi connectivity index (χ3v) is 5.09. The Morgan fingerprint density at radius 3 is 2.57 bits per heavy atom. The van der Waals surface area contributed by atoms with Crippen LogP contribution in [0.1, 0.15) is 23.1 Å². The van der Waals surface area contributed by atoms with Gasteiger partial charge in [0, 0.05) is 7.05 Å². The molecular formula is C21H22N4O4S. The Balaban J connectivity index is 1.56. The number of benzene rings is 2. The van der Waals surface area contributed by atoms with Crippen molar-refractivity contribution in [2.75, 3.05) is 17.7 Å². The van der Waals surface area contributed by atoms with Crippen molar-refractivity contribution in [3.05, 3.63) is 66.0 Å². The number of nitrogens with one attached hydrogen (secondary N) is 1. The molecule has 1 aromatic heterocycles. The number of carbonyl (C=O) groups excluding carboxylic acids is 2. The summed E-state index contributed by atoms with van der Waals surface area (Å²) < 4.78 is 12.5. The maximum absolute atomic E-state index is 12.4. The number of anilines is 1. The second-order valence-electron chi connectivity index (χ2n) is 6.16. The van der Waals surface area contributed by atoms with Gasteiger partial charge in [-0.2, -0.15) is 0 Å². The lowest BCUT2D eigenvalue weighted by atomic mass is 10.2. The molecule has 0 spiro atoms. The van der Waals surface area contributed by atoms with E-state index in [4.69, 9.17) is 9.47 Å². The van der Waals surface area contributed by atoms with Crippen molar-refractivity contribution in [2.45, 2.75) is 18.7 Å². The van der Waals surface area contributed by atoms with Gasteiger partial charge in [-0.15, -0.1) is 10.2 Å². The Bertz CT molecular complexity index is 1010. The van der Waals surface area contributed by atoms with E-state index in [-0.39, 0.29) is 24.9 Å². The predicted molar refractivity (Wildman–Crippen MR) is 114 cm³/mol. The fourth-order valence-corrected chi connectivity index (χ4v) is 3.29. The third-order valence-electron chi connectivity index (χ3n) is 4.07. The maximum Gasteiger partial charge on any atom is 0.340 e. The fraction of sp³-hybridized carbons (Fsp3) is 0.238. The van der Waals surface area contributed by atoms with Gasteiger partial charge in [0.1, 0.15) is 12.4 Å². The maximum atomic E-state index is 12.4. The van der Waals surface area contributed by atoms with Crippen LogP contribution in [-0.2, 0) is 23.2 Å². The number of esters is 1. The minimum Gasteiger partial charge on any atom is -0.486 e. The van der Waals surface area contributed by atoms with E-state index in [1.54, 1.807) is 35.8 Å². The van der Waals surface area contributed by atoms with Crippen molar-refractivity contribution in [3.63, 3.8) is 0 Å². The van der Waals surface area contributed by atoms with E-state index in [9.17, 15) is 9.59 Å². The average molecular weight is 426 g/mol. The van der Waals surface area contributed by atoms with E-state index in [1.165, 1.54) is 11.8 Å². The zero-order chi connectivity index (χ0) is 21.3. The van der Waals surface area contributed by atoms with Crippen molar-refractivity contribution in [1.82, 2.24) is 14.8 Å². The van der Waals surface area contributed by atoms with Crippen LogP contribution in [0.4, 0.5) is 5.69 Å². The quantitative estimate of drug-likeness (QED) is 0.414. The van der Waals surface area contributed by atoms with Crippen LogP contribution in [0, 0.1) is 0 Å². The van der Waals surface area contributed by atoms with Gasteiger partial charge in [0.15, 0.2) is 11.0 Å². The average Bonchev–Trinajstić information content (AvgIpc) is 3.11. The SMILES string of the molecule is CCOC(=O)c1ccccc1NC(=O)CSc1nnc(COc2ccccc2)n1C. The van der Waals surface area contributed by atoms with Crippen molar-refractivity contribution in [1.29, 1.82) is 0 Å². The van der Waals surface area contributed by atoms with Crippen molar-refractivity contribution in [3.8, 4) is 5.75 Å². The molecule has 1 N–H and O–H groups in total. The molecule has 0 radical (unpaired) electrons. The Morgan fingerprint density at radius 2 is 1.80 bits per heavy atom. The van der Waals surface area contributed by atoms with Crippen LogP contribution in [0.15, 0.2) is 59.8 Å². The van der Waals surface area contributed by atoms with Gasteiger partial charge in [-0.1, -0.05) is 42.1 Å². The van der Waals surface area contributed by atoms with E-state index in [2.05, 4.69) is 15.5 Å². The Kier molecular flexibility index (Phi) is 7.45. The highest BCUT2D eigenvalue weighted by Gasteiger charge is 2.16. The summed E-state index contributed by atoms with van der Waals surface area (Å²) in [6.45, 7) is 2.27. The van der Waals surface area contributed by atoms with Crippen LogP contribution in [0.2, 0.25) is 0 Å². The first-order valence-corrected chi connectivity index (χ1v) is 10.3. The molecule has 0 bridgehead atoms. The first-order chi connectivity index (χ1) is 14.6. The van der Waals surface area contributed by atoms with E-state index >= 15 is 0 Å². The molecule has 30 heavy (non-hydrogen) atoms. The molecule has 2 aromatic carbocycles. The highest BCUT2D eigenvalue weighted by molar-refractivity contribution is 7.99. The summed E-state index contributed by atoms with van der Waals surface area (Å²) in [5.41, 5.74) is 0.730. The van der Waals surface area contributed by atoms with E-state index in [0.29, 0.717) is 22.2 Å². The second-order valence-corrected chi connectivity index (χ2v) is 7.10. The van der Waals surface area contributed by atoms with E-state index in [0.717, 1.165) is 5.75 Å². The fourth-order valence-electron chi connectivity index (χ4n) is 2.56. The van der Waals surface area contributed by atoms with Crippen molar-refractivity contribution >= 4 is 29.3 Å². The van der Waals surface area contributed by atoms with Gasteiger partial charge < -0.3 is 19.4 Å². The standard InChI is InChI=1S/C21H22N4O4S/c1-3-28-20(27)16-11-7-8-12-17(16)22-19(26)14-30-21-24-23-18(25(21)2)13-29-15-9-5-4-6-10-15/h4-12H,3,13-14H2,1-2H3,(H,22,26). The minimum absolute atomic E-state index is 0.114. The van der Waals surface area contributed by atoms with E-state index in [1.807, 2.05) is 37.4 Å². The number of nitrogens with zero attached hydrogens (tertiary/aromatic N) is 3. The summed E-state index contributed by atoms with van der Waals surface area (Å²) in [4.78, 5) is 24.4. The van der Waals surface area contributed by atoms with Gasteiger partial charge in [0.25, 0.3) is 0 Å². The monoisotopic (exact) mass is 426 g/mol. The molecule has 1 heterocycles.